The fourth-order valence-electron chi connectivity index (χ4n) is 3.95. The van der Waals surface area contributed by atoms with Gasteiger partial charge < -0.3 is 26.8 Å². The maximum absolute atomic E-state index is 13.0. The van der Waals surface area contributed by atoms with E-state index in [4.69, 9.17) is 11.1 Å². The Hall–Kier alpha value is -4.10. The summed E-state index contributed by atoms with van der Waals surface area (Å²) in [7, 11) is -3.99. The predicted molar refractivity (Wildman–Crippen MR) is 154 cm³/mol. The molecule has 2 atom stereocenters. The molecule has 0 aromatic heterocycles. The molecule has 2 rings (SSSR count). The van der Waals surface area contributed by atoms with Gasteiger partial charge in [0.25, 0.3) is 7.28 Å². The molecule has 39 heavy (non-hydrogen) atoms. The molecule has 0 spiro atoms. The molecule has 1 fully saturated rings. The number of guanidine groups is 1. The van der Waals surface area contributed by atoms with Crippen molar-refractivity contribution >= 4 is 52.8 Å². The van der Waals surface area contributed by atoms with E-state index in [1.165, 1.54) is 18.2 Å². The molecule has 7 N–H and O–H groups in total. The summed E-state index contributed by atoms with van der Waals surface area (Å²) < 4.78 is 27.1. The van der Waals surface area contributed by atoms with Crippen molar-refractivity contribution in [2.24, 2.45) is 5.73 Å². The Balaban J connectivity index is 2.03. The molecular weight excluding hydrogens is 522 g/mol. The summed E-state index contributed by atoms with van der Waals surface area (Å²) in [6.07, 6.45) is 6.63. The van der Waals surface area contributed by atoms with E-state index < -0.39 is 46.2 Å². The van der Waals surface area contributed by atoms with Crippen LogP contribution in [-0.2, 0) is 19.5 Å². The number of carboxylic acid groups (broad SMARTS) is 1. The highest BCUT2D eigenvalue weighted by atomic mass is 32.2. The second kappa shape index (κ2) is 14.7. The third-order valence-electron chi connectivity index (χ3n) is 5.71. The minimum atomic E-state index is -3.83. The number of benzene rings is 1. The maximum Gasteiger partial charge on any atom is 0.328 e. The maximum atomic E-state index is 13.0. The van der Waals surface area contributed by atoms with Crippen LogP contribution in [0.1, 0.15) is 12.8 Å². The lowest BCUT2D eigenvalue weighted by Crippen LogP contribution is -2.55. The monoisotopic (exact) mass is 554 g/mol. The molecule has 1 saturated heterocycles. The van der Waals surface area contributed by atoms with E-state index in [-0.39, 0.29) is 32.8 Å². The number of nitrogens with two attached hydrogens (primary N) is 1. The zero-order chi connectivity index (χ0) is 29.0. The van der Waals surface area contributed by atoms with Gasteiger partial charge in [0.15, 0.2) is 21.6 Å². The first-order valence-corrected chi connectivity index (χ1v) is 13.7. The largest absolute Gasteiger partial charge is 0.480 e. The van der Waals surface area contributed by atoms with E-state index in [2.05, 4.69) is 29.1 Å². The van der Waals surface area contributed by atoms with Gasteiger partial charge in [-0.1, -0.05) is 66.6 Å². The van der Waals surface area contributed by atoms with Gasteiger partial charge in [0.05, 0.1) is 0 Å². The van der Waals surface area contributed by atoms with Crippen molar-refractivity contribution in [1.29, 1.82) is 5.41 Å². The summed E-state index contributed by atoms with van der Waals surface area (Å²) in [6.45, 7) is 6.65. The summed E-state index contributed by atoms with van der Waals surface area (Å²) in [6, 6.07) is 6.04. The minimum absolute atomic E-state index is 0.152. The van der Waals surface area contributed by atoms with E-state index in [0.717, 1.165) is 4.31 Å². The minimum Gasteiger partial charge on any atom is -0.480 e. The van der Waals surface area contributed by atoms with Gasteiger partial charge in [0, 0.05) is 18.8 Å². The zero-order valence-corrected chi connectivity index (χ0v) is 22.2. The highest BCUT2D eigenvalue weighted by Crippen LogP contribution is 2.21. The highest BCUT2D eigenvalue weighted by molar-refractivity contribution is 8.14. The number of nitrogens with zero attached hydrogens (tertiary/aromatic N) is 1. The Morgan fingerprint density at radius 3 is 2.54 bits per heavy atom. The molecular formula is C24H32B2N6O6S. The number of aliphatic carboxylic acids is 1. The van der Waals surface area contributed by atoms with Crippen LogP contribution in [0.3, 0.4) is 0 Å². The van der Waals surface area contributed by atoms with Crippen LogP contribution in [0.5, 0.6) is 0 Å². The topological polar surface area (TPSA) is 195 Å². The highest BCUT2D eigenvalue weighted by Gasteiger charge is 2.40. The number of amides is 2. The molecule has 206 valence electrons. The van der Waals surface area contributed by atoms with Crippen molar-refractivity contribution in [1.82, 2.24) is 20.3 Å². The summed E-state index contributed by atoms with van der Waals surface area (Å²) in [5.74, 6) is -3.00. The van der Waals surface area contributed by atoms with E-state index in [9.17, 15) is 27.9 Å². The lowest BCUT2D eigenvalue weighted by molar-refractivity contribution is -0.142. The Bertz CT molecular complexity index is 1270. The first kappa shape index (κ1) is 31.1. The number of hydrogen-bond acceptors (Lipinski definition) is 6. The van der Waals surface area contributed by atoms with Crippen LogP contribution in [0.25, 0.3) is 0 Å². The summed E-state index contributed by atoms with van der Waals surface area (Å²) >= 11 is 0. The van der Waals surface area contributed by atoms with E-state index in [1.807, 2.05) is 0 Å². The summed E-state index contributed by atoms with van der Waals surface area (Å²) in [4.78, 5) is 37.3. The molecule has 0 radical (unpaired) electrons. The molecule has 0 bridgehead atoms. The molecule has 1 heterocycles. The SMILES string of the molecule is C=C/C=C(BC(=O)NCC(NC(=O)C1CCCN1S(=O)(=O)Bc1ccccc1)C(=O)O)\C=C(/C=C)NC(=N)N. The van der Waals surface area contributed by atoms with Crippen molar-refractivity contribution in [2.45, 2.75) is 24.9 Å². The second-order valence-electron chi connectivity index (χ2n) is 8.71. The first-order chi connectivity index (χ1) is 18.5. The average Bonchev–Trinajstić information content (AvgIpc) is 3.37. The fourth-order valence-corrected chi connectivity index (χ4v) is 5.72. The Kier molecular flexibility index (Phi) is 11.8. The van der Waals surface area contributed by atoms with Crippen LogP contribution in [0.2, 0.25) is 0 Å². The quantitative estimate of drug-likeness (QED) is 0.0714. The predicted octanol–water partition coefficient (Wildman–Crippen LogP) is -1.20. The molecule has 1 aromatic rings. The Labute approximate surface area is 229 Å². The fraction of sp³-hybridized carbons (Fsp3) is 0.250. The number of nitrogens with one attached hydrogen (secondary N) is 4. The molecule has 2 unspecified atom stereocenters. The van der Waals surface area contributed by atoms with E-state index in [0.29, 0.717) is 23.1 Å². The standard InChI is InChI=1S/C24H32B2N6O6S/c1-3-9-17(14-18(4-2)30-24(27)28)25-23(36)29-15-19(22(34)35)31-21(33)20-12-8-13-32(20)39(37,38)26-16-10-6-5-7-11-16/h3-7,9-11,14,19-20,25-26H,1-2,8,12-13,15H2,(H,29,36)(H,31,33)(H,34,35)(H4,27,28,30)/b17-9+,18-14+. The number of carboxylic acids is 1. The molecule has 0 aliphatic carbocycles. The third kappa shape index (κ3) is 9.94. The van der Waals surface area contributed by atoms with Crippen LogP contribution in [0.15, 0.2) is 79.0 Å². The second-order valence-corrected chi connectivity index (χ2v) is 10.6. The molecule has 1 aliphatic heterocycles. The molecule has 0 saturated carbocycles. The van der Waals surface area contributed by atoms with Gasteiger partial charge in [-0.15, -0.1) is 0 Å². The van der Waals surface area contributed by atoms with Gasteiger partial charge in [-0.25, -0.2) is 13.2 Å². The molecule has 1 aromatic carbocycles. The third-order valence-corrected chi connectivity index (χ3v) is 7.56. The van der Waals surface area contributed by atoms with Gasteiger partial charge in [-0.2, -0.15) is 4.31 Å². The molecule has 15 heteroatoms. The molecule has 12 nitrogen and oxygen atoms in total. The van der Waals surface area contributed by atoms with Crippen molar-refractivity contribution < 1.29 is 27.9 Å². The smallest absolute Gasteiger partial charge is 0.328 e. The van der Waals surface area contributed by atoms with Gasteiger partial charge >= 0.3 is 12.5 Å². The summed E-state index contributed by atoms with van der Waals surface area (Å²) in [5, 5.41) is 24.3. The van der Waals surface area contributed by atoms with Crippen molar-refractivity contribution in [3.63, 3.8) is 0 Å². The number of carbonyl (C=O) groups is 3. The van der Waals surface area contributed by atoms with Gasteiger partial charge in [-0.3, -0.25) is 15.0 Å². The number of rotatable bonds is 14. The van der Waals surface area contributed by atoms with E-state index in [1.54, 1.807) is 36.4 Å². The first-order valence-electron chi connectivity index (χ1n) is 12.1. The van der Waals surface area contributed by atoms with Crippen LogP contribution in [0, 0.1) is 5.41 Å². The Morgan fingerprint density at radius 1 is 1.26 bits per heavy atom. The zero-order valence-electron chi connectivity index (χ0n) is 21.4. The average molecular weight is 554 g/mol. The van der Waals surface area contributed by atoms with Gasteiger partial charge in [0.1, 0.15) is 12.1 Å². The number of hydrogen-bond donors (Lipinski definition) is 6. The Morgan fingerprint density at radius 2 is 1.95 bits per heavy atom. The lowest BCUT2D eigenvalue weighted by Gasteiger charge is -2.25. The van der Waals surface area contributed by atoms with E-state index >= 15 is 0 Å². The number of carbonyl (C=O) groups excluding carboxylic acids is 2. The molecule has 1 aliphatic rings. The van der Waals surface area contributed by atoms with Gasteiger partial charge in [0.2, 0.25) is 5.91 Å². The normalized spacial score (nSPS) is 16.9. The van der Waals surface area contributed by atoms with Crippen molar-refractivity contribution in [2.75, 3.05) is 13.1 Å². The van der Waals surface area contributed by atoms with Crippen LogP contribution in [0.4, 0.5) is 4.79 Å². The number of allylic oxidation sites excluding steroid dienone is 5. The van der Waals surface area contributed by atoms with Crippen LogP contribution < -0.4 is 27.1 Å². The van der Waals surface area contributed by atoms with Crippen molar-refractivity contribution in [3.05, 3.63) is 79.0 Å². The lowest BCUT2D eigenvalue weighted by atomic mass is 9.68. The summed E-state index contributed by atoms with van der Waals surface area (Å²) in [5.41, 5.74) is 6.72. The van der Waals surface area contributed by atoms with Crippen LogP contribution >= 0.6 is 0 Å². The van der Waals surface area contributed by atoms with Crippen molar-refractivity contribution in [3.8, 4) is 0 Å². The van der Waals surface area contributed by atoms with Crippen LogP contribution in [-0.4, -0.2) is 80.5 Å². The van der Waals surface area contributed by atoms with Gasteiger partial charge in [-0.05, 0) is 25.0 Å². The molecule has 2 amide bonds.